The van der Waals surface area contributed by atoms with E-state index in [4.69, 9.17) is 0 Å². The van der Waals surface area contributed by atoms with Crippen molar-refractivity contribution in [3.8, 4) is 0 Å². The minimum Gasteiger partial charge on any atom is -0.298 e. The molecule has 0 fully saturated rings. The van der Waals surface area contributed by atoms with E-state index in [1.54, 1.807) is 0 Å². The fourth-order valence-electron chi connectivity index (χ4n) is 1.19. The van der Waals surface area contributed by atoms with Gasteiger partial charge in [0.1, 0.15) is 5.78 Å². The van der Waals surface area contributed by atoms with E-state index >= 15 is 0 Å². The Balaban J connectivity index is 2.98. The van der Waals surface area contributed by atoms with Crippen LogP contribution < -0.4 is 0 Å². The van der Waals surface area contributed by atoms with Crippen LogP contribution in [0.15, 0.2) is 23.1 Å². The molecule has 0 aliphatic carbocycles. The lowest BCUT2D eigenvalue weighted by Gasteiger charge is -2.08. The van der Waals surface area contributed by atoms with Gasteiger partial charge in [0.05, 0.1) is 5.33 Å². The van der Waals surface area contributed by atoms with Crippen LogP contribution in [0.3, 0.4) is 0 Å². The molecule has 0 aliphatic heterocycles. The second-order valence-corrected chi connectivity index (χ2v) is 4.50. The molecule has 14 heavy (non-hydrogen) atoms. The zero-order chi connectivity index (χ0) is 10.6. The predicted molar refractivity (Wildman–Crippen MR) is 68.8 cm³/mol. The van der Waals surface area contributed by atoms with Gasteiger partial charge < -0.3 is 0 Å². The van der Waals surface area contributed by atoms with Crippen molar-refractivity contribution in [3.63, 3.8) is 0 Å². The molecule has 1 nitrogen and oxygen atoms in total. The molecule has 0 aliphatic rings. The van der Waals surface area contributed by atoms with Gasteiger partial charge in [-0.3, -0.25) is 4.79 Å². The number of halogens is 2. The van der Waals surface area contributed by atoms with Crippen molar-refractivity contribution in [1.29, 1.82) is 0 Å². The maximum Gasteiger partial charge on any atom is 0.147 e. The van der Waals surface area contributed by atoms with Gasteiger partial charge in [-0.2, -0.15) is 0 Å². The fourth-order valence-corrected chi connectivity index (χ4v) is 2.23. The van der Waals surface area contributed by atoms with Crippen LogP contribution in [0.25, 0.3) is 0 Å². The standard InChI is InChI=1S/C10H10Br2OS/c11-5-7-2-1-3-10(14)9(7)4-8(13)6-12/h1-3,14H,4-6H2. The van der Waals surface area contributed by atoms with Crippen molar-refractivity contribution in [2.45, 2.75) is 16.6 Å². The third kappa shape index (κ3) is 3.11. The zero-order valence-electron chi connectivity index (χ0n) is 7.46. The summed E-state index contributed by atoms with van der Waals surface area (Å²) < 4.78 is 0. The summed E-state index contributed by atoms with van der Waals surface area (Å²) in [6, 6.07) is 5.86. The first kappa shape index (κ1) is 12.3. The minimum absolute atomic E-state index is 0.175. The first-order valence-electron chi connectivity index (χ1n) is 4.12. The van der Waals surface area contributed by atoms with E-state index < -0.39 is 0 Å². The number of rotatable bonds is 4. The maximum atomic E-state index is 11.3. The molecule has 0 aromatic heterocycles. The van der Waals surface area contributed by atoms with Crippen molar-refractivity contribution >= 4 is 50.3 Å². The van der Waals surface area contributed by atoms with E-state index in [1.807, 2.05) is 18.2 Å². The normalized spacial score (nSPS) is 10.2. The third-order valence-corrected chi connectivity index (χ3v) is 3.56. The Bertz CT molecular complexity index is 339. The van der Waals surface area contributed by atoms with Crippen molar-refractivity contribution in [2.75, 3.05) is 5.33 Å². The number of benzene rings is 1. The van der Waals surface area contributed by atoms with Gasteiger partial charge in [0, 0.05) is 16.6 Å². The fraction of sp³-hybridized carbons (Fsp3) is 0.300. The number of carbonyl (C=O) groups excluding carboxylic acids is 1. The van der Waals surface area contributed by atoms with Crippen LogP contribution in [0.5, 0.6) is 0 Å². The monoisotopic (exact) mass is 336 g/mol. The molecule has 0 spiro atoms. The minimum atomic E-state index is 0.175. The van der Waals surface area contributed by atoms with Crippen LogP contribution in [-0.2, 0) is 16.5 Å². The SMILES string of the molecule is O=C(CBr)Cc1c(S)cccc1CBr. The second kappa shape index (κ2) is 5.93. The molecular formula is C10H10Br2OS. The van der Waals surface area contributed by atoms with E-state index in [0.29, 0.717) is 11.8 Å². The summed E-state index contributed by atoms with van der Waals surface area (Å²) in [7, 11) is 0. The van der Waals surface area contributed by atoms with Crippen molar-refractivity contribution in [2.24, 2.45) is 0 Å². The molecule has 0 radical (unpaired) electrons. The predicted octanol–water partition coefficient (Wildman–Crippen LogP) is 3.38. The van der Waals surface area contributed by atoms with E-state index in [-0.39, 0.29) is 5.78 Å². The molecule has 4 heteroatoms. The van der Waals surface area contributed by atoms with Crippen molar-refractivity contribution in [3.05, 3.63) is 29.3 Å². The highest BCUT2D eigenvalue weighted by Gasteiger charge is 2.09. The lowest BCUT2D eigenvalue weighted by molar-refractivity contribution is -0.115. The molecular weight excluding hydrogens is 328 g/mol. The Kier molecular flexibility index (Phi) is 5.20. The molecule has 76 valence electrons. The highest BCUT2D eigenvalue weighted by Crippen LogP contribution is 2.21. The molecule has 0 N–H and O–H groups in total. The van der Waals surface area contributed by atoms with Gasteiger partial charge in [0.15, 0.2) is 0 Å². The van der Waals surface area contributed by atoms with Gasteiger partial charge in [0.2, 0.25) is 0 Å². The summed E-state index contributed by atoms with van der Waals surface area (Å²) in [5.41, 5.74) is 2.16. The van der Waals surface area contributed by atoms with Crippen LogP contribution in [-0.4, -0.2) is 11.1 Å². The second-order valence-electron chi connectivity index (χ2n) is 2.90. The molecule has 1 rings (SSSR count). The van der Waals surface area contributed by atoms with Gasteiger partial charge in [0.25, 0.3) is 0 Å². The van der Waals surface area contributed by atoms with Crippen LogP contribution in [0, 0.1) is 0 Å². The van der Waals surface area contributed by atoms with Gasteiger partial charge >= 0.3 is 0 Å². The number of Topliss-reactive ketones (excluding diaryl/α,β-unsaturated/α-hetero) is 1. The summed E-state index contributed by atoms with van der Waals surface area (Å²) in [6.07, 6.45) is 0.450. The molecule has 0 unspecified atom stereocenters. The van der Waals surface area contributed by atoms with Gasteiger partial charge in [-0.1, -0.05) is 44.0 Å². The van der Waals surface area contributed by atoms with Gasteiger partial charge in [-0.25, -0.2) is 0 Å². The van der Waals surface area contributed by atoms with Crippen LogP contribution in [0.2, 0.25) is 0 Å². The van der Waals surface area contributed by atoms with Gasteiger partial charge in [-0.05, 0) is 17.2 Å². The summed E-state index contributed by atoms with van der Waals surface area (Å²) in [4.78, 5) is 12.2. The lowest BCUT2D eigenvalue weighted by atomic mass is 10.0. The van der Waals surface area contributed by atoms with Gasteiger partial charge in [-0.15, -0.1) is 12.6 Å². The summed E-state index contributed by atoms with van der Waals surface area (Å²) in [6.45, 7) is 0. The largest absolute Gasteiger partial charge is 0.298 e. The first-order valence-corrected chi connectivity index (χ1v) is 6.81. The number of hydrogen-bond acceptors (Lipinski definition) is 2. The molecule has 0 amide bonds. The molecule has 0 heterocycles. The molecule has 1 aromatic carbocycles. The Labute approximate surface area is 106 Å². The Morgan fingerprint density at radius 3 is 2.64 bits per heavy atom. The summed E-state index contributed by atoms with van der Waals surface area (Å²) >= 11 is 10.9. The number of alkyl halides is 2. The van der Waals surface area contributed by atoms with Crippen LogP contribution in [0.4, 0.5) is 0 Å². The number of carbonyl (C=O) groups is 1. The summed E-state index contributed by atoms with van der Waals surface area (Å²) in [5.74, 6) is 0.175. The molecule has 0 saturated heterocycles. The lowest BCUT2D eigenvalue weighted by Crippen LogP contribution is -2.06. The highest BCUT2D eigenvalue weighted by molar-refractivity contribution is 9.09. The topological polar surface area (TPSA) is 17.1 Å². The van der Waals surface area contributed by atoms with E-state index in [2.05, 4.69) is 44.5 Å². The van der Waals surface area contributed by atoms with Crippen LogP contribution >= 0.6 is 44.5 Å². The Morgan fingerprint density at radius 1 is 1.36 bits per heavy atom. The quantitative estimate of drug-likeness (QED) is 0.658. The summed E-state index contributed by atoms with van der Waals surface area (Å²) in [5, 5.41) is 1.16. The first-order chi connectivity index (χ1) is 6.69. The number of hydrogen-bond donors (Lipinski definition) is 1. The number of thiol groups is 1. The molecule has 0 saturated carbocycles. The van der Waals surface area contributed by atoms with E-state index in [1.165, 1.54) is 0 Å². The van der Waals surface area contributed by atoms with E-state index in [0.717, 1.165) is 21.4 Å². The smallest absolute Gasteiger partial charge is 0.147 e. The molecule has 0 atom stereocenters. The molecule has 0 bridgehead atoms. The maximum absolute atomic E-state index is 11.3. The van der Waals surface area contributed by atoms with Crippen LogP contribution in [0.1, 0.15) is 11.1 Å². The highest BCUT2D eigenvalue weighted by atomic mass is 79.9. The Morgan fingerprint density at radius 2 is 2.07 bits per heavy atom. The Hall–Kier alpha value is 0.200. The van der Waals surface area contributed by atoms with Crippen molar-refractivity contribution < 1.29 is 4.79 Å². The number of ketones is 1. The average Bonchev–Trinajstić information content (AvgIpc) is 2.20. The third-order valence-electron chi connectivity index (χ3n) is 1.92. The van der Waals surface area contributed by atoms with E-state index in [9.17, 15) is 4.79 Å². The van der Waals surface area contributed by atoms with Crippen molar-refractivity contribution in [1.82, 2.24) is 0 Å². The zero-order valence-corrected chi connectivity index (χ0v) is 11.5. The molecule has 1 aromatic rings. The average molecular weight is 338 g/mol.